The van der Waals surface area contributed by atoms with Crippen molar-refractivity contribution in [1.82, 2.24) is 9.80 Å². The molecule has 3 rings (SSSR count). The van der Waals surface area contributed by atoms with Crippen molar-refractivity contribution in [2.45, 2.75) is 11.8 Å². The molecule has 1 amide bonds. The number of amides is 1. The fraction of sp³-hybridized carbons (Fsp3) is 0.350. The Hall–Kier alpha value is -2.09. The molecule has 0 N–H and O–H groups in total. The Balaban J connectivity index is 1.83. The van der Waals surface area contributed by atoms with E-state index in [1.165, 1.54) is 23.5 Å². The number of carbonyl (C=O) groups excluding carboxylic acids is 1. The maximum Gasteiger partial charge on any atom is 0.264 e. The van der Waals surface area contributed by atoms with Crippen molar-refractivity contribution in [2.75, 3.05) is 44.1 Å². The summed E-state index contributed by atoms with van der Waals surface area (Å²) in [6.07, 6.45) is 0. The number of likely N-dealkylation sites (N-methyl/N-ethyl adjacent to an activating group) is 1. The zero-order valence-electron chi connectivity index (χ0n) is 16.0. The predicted molar refractivity (Wildman–Crippen MR) is 112 cm³/mol. The molecule has 8 heteroatoms. The number of piperazine rings is 1. The Bertz CT molecular complexity index is 957. The second-order valence-corrected chi connectivity index (χ2v) is 9.11. The molecule has 1 saturated heterocycles. The molecule has 1 fully saturated rings. The lowest BCUT2D eigenvalue weighted by molar-refractivity contribution is 0.0643. The standard InChI is InChI=1S/C20H24ClN3O3S/c1-3-23-10-12-24(13-11-23)20(25)16-6-4-9-19(14-16)28(26,27)22(2)18-8-5-7-17(21)15-18/h4-9,14-15H,3,10-13H2,1-2H3. The minimum atomic E-state index is -3.81. The summed E-state index contributed by atoms with van der Waals surface area (Å²) in [5.74, 6) is -0.141. The van der Waals surface area contributed by atoms with Crippen LogP contribution in [0.15, 0.2) is 53.4 Å². The van der Waals surface area contributed by atoms with Crippen LogP contribution in [0.25, 0.3) is 0 Å². The first-order chi connectivity index (χ1) is 13.3. The second kappa shape index (κ2) is 8.51. The molecule has 1 aliphatic heterocycles. The van der Waals surface area contributed by atoms with Crippen LogP contribution in [0.4, 0.5) is 5.69 Å². The first kappa shape index (κ1) is 20.6. The highest BCUT2D eigenvalue weighted by Gasteiger charge is 2.25. The minimum absolute atomic E-state index is 0.0769. The Labute approximate surface area is 171 Å². The van der Waals surface area contributed by atoms with Gasteiger partial charge in [-0.3, -0.25) is 9.10 Å². The fourth-order valence-electron chi connectivity index (χ4n) is 3.21. The molecule has 0 aliphatic carbocycles. The largest absolute Gasteiger partial charge is 0.336 e. The van der Waals surface area contributed by atoms with E-state index in [1.54, 1.807) is 41.3 Å². The van der Waals surface area contributed by atoms with Crippen LogP contribution < -0.4 is 4.31 Å². The zero-order chi connectivity index (χ0) is 20.3. The van der Waals surface area contributed by atoms with Gasteiger partial charge in [-0.05, 0) is 42.9 Å². The highest BCUT2D eigenvalue weighted by molar-refractivity contribution is 7.92. The van der Waals surface area contributed by atoms with Gasteiger partial charge in [0, 0.05) is 43.8 Å². The lowest BCUT2D eigenvalue weighted by Gasteiger charge is -2.34. The number of benzene rings is 2. The number of anilines is 1. The fourth-order valence-corrected chi connectivity index (χ4v) is 4.63. The van der Waals surface area contributed by atoms with Crippen molar-refractivity contribution in [1.29, 1.82) is 0 Å². The van der Waals surface area contributed by atoms with E-state index in [1.807, 2.05) is 0 Å². The molecule has 2 aromatic carbocycles. The average molecular weight is 422 g/mol. The van der Waals surface area contributed by atoms with Gasteiger partial charge in [-0.2, -0.15) is 0 Å². The molecular weight excluding hydrogens is 398 g/mol. The molecule has 0 atom stereocenters. The molecule has 6 nitrogen and oxygen atoms in total. The van der Waals surface area contributed by atoms with E-state index in [9.17, 15) is 13.2 Å². The summed E-state index contributed by atoms with van der Waals surface area (Å²) in [6, 6.07) is 12.9. The van der Waals surface area contributed by atoms with Crippen LogP contribution in [0.1, 0.15) is 17.3 Å². The van der Waals surface area contributed by atoms with Crippen LogP contribution in [0.5, 0.6) is 0 Å². The van der Waals surface area contributed by atoms with Gasteiger partial charge in [0.25, 0.3) is 15.9 Å². The zero-order valence-corrected chi connectivity index (χ0v) is 17.6. The van der Waals surface area contributed by atoms with Gasteiger partial charge >= 0.3 is 0 Å². The Kier molecular flexibility index (Phi) is 6.27. The molecule has 0 radical (unpaired) electrons. The van der Waals surface area contributed by atoms with E-state index < -0.39 is 10.0 Å². The number of hydrogen-bond donors (Lipinski definition) is 0. The van der Waals surface area contributed by atoms with Crippen LogP contribution in [0.2, 0.25) is 5.02 Å². The summed E-state index contributed by atoms with van der Waals surface area (Å²) >= 11 is 5.98. The smallest absolute Gasteiger partial charge is 0.264 e. The summed E-state index contributed by atoms with van der Waals surface area (Å²) in [5, 5.41) is 0.453. The number of nitrogens with zero attached hydrogens (tertiary/aromatic N) is 3. The molecule has 2 aromatic rings. The van der Waals surface area contributed by atoms with E-state index in [0.29, 0.717) is 29.4 Å². The lowest BCUT2D eigenvalue weighted by Crippen LogP contribution is -2.48. The molecule has 0 saturated carbocycles. The lowest BCUT2D eigenvalue weighted by atomic mass is 10.2. The Morgan fingerprint density at radius 2 is 1.75 bits per heavy atom. The van der Waals surface area contributed by atoms with Crippen LogP contribution in [0.3, 0.4) is 0 Å². The monoisotopic (exact) mass is 421 g/mol. The molecule has 150 valence electrons. The van der Waals surface area contributed by atoms with Crippen LogP contribution in [-0.4, -0.2) is 63.9 Å². The quantitative estimate of drug-likeness (QED) is 0.744. The van der Waals surface area contributed by atoms with E-state index >= 15 is 0 Å². The first-order valence-corrected chi connectivity index (χ1v) is 11.0. The van der Waals surface area contributed by atoms with Crippen molar-refractivity contribution in [3.05, 3.63) is 59.1 Å². The van der Waals surface area contributed by atoms with Gasteiger partial charge in [-0.15, -0.1) is 0 Å². The SMILES string of the molecule is CCN1CCN(C(=O)c2cccc(S(=O)(=O)N(C)c3cccc(Cl)c3)c2)CC1. The Morgan fingerprint density at radius 1 is 1.07 bits per heavy atom. The number of sulfonamides is 1. The van der Waals surface area contributed by atoms with Crippen LogP contribution in [0, 0.1) is 0 Å². The summed E-state index contributed by atoms with van der Waals surface area (Å²) in [7, 11) is -2.34. The van der Waals surface area contributed by atoms with Gasteiger partial charge in [0.05, 0.1) is 10.6 Å². The maximum absolute atomic E-state index is 13.0. The number of rotatable bonds is 5. The predicted octanol–water partition coefficient (Wildman–Crippen LogP) is 2.94. The normalized spacial score (nSPS) is 15.5. The summed E-state index contributed by atoms with van der Waals surface area (Å²) in [4.78, 5) is 17.0. The molecule has 1 aliphatic rings. The number of hydrogen-bond acceptors (Lipinski definition) is 4. The molecule has 0 unspecified atom stereocenters. The third kappa shape index (κ3) is 4.32. The van der Waals surface area contributed by atoms with Crippen LogP contribution >= 0.6 is 11.6 Å². The summed E-state index contributed by atoms with van der Waals surface area (Å²) < 4.78 is 27.2. The van der Waals surface area contributed by atoms with E-state index in [4.69, 9.17) is 11.6 Å². The highest BCUT2D eigenvalue weighted by atomic mass is 35.5. The molecule has 1 heterocycles. The molecule has 0 bridgehead atoms. The van der Waals surface area contributed by atoms with Crippen molar-refractivity contribution in [3.8, 4) is 0 Å². The van der Waals surface area contributed by atoms with Gasteiger partial charge in [0.2, 0.25) is 0 Å². The van der Waals surface area contributed by atoms with Gasteiger partial charge in [-0.25, -0.2) is 8.42 Å². The van der Waals surface area contributed by atoms with E-state index in [-0.39, 0.29) is 10.8 Å². The topological polar surface area (TPSA) is 60.9 Å². The van der Waals surface area contributed by atoms with Gasteiger partial charge in [0.15, 0.2) is 0 Å². The molecule has 0 spiro atoms. The van der Waals surface area contributed by atoms with Crippen molar-refractivity contribution in [2.24, 2.45) is 0 Å². The molecule has 0 aromatic heterocycles. The third-order valence-electron chi connectivity index (χ3n) is 5.02. The minimum Gasteiger partial charge on any atom is -0.336 e. The molecular formula is C20H24ClN3O3S. The maximum atomic E-state index is 13.0. The van der Waals surface area contributed by atoms with Crippen molar-refractivity contribution < 1.29 is 13.2 Å². The average Bonchev–Trinajstić information content (AvgIpc) is 2.72. The number of halogens is 1. The van der Waals surface area contributed by atoms with Crippen molar-refractivity contribution in [3.63, 3.8) is 0 Å². The van der Waals surface area contributed by atoms with Gasteiger partial charge < -0.3 is 9.80 Å². The van der Waals surface area contributed by atoms with E-state index in [2.05, 4.69) is 11.8 Å². The second-order valence-electron chi connectivity index (χ2n) is 6.71. The first-order valence-electron chi connectivity index (χ1n) is 9.19. The van der Waals surface area contributed by atoms with Gasteiger partial charge in [0.1, 0.15) is 0 Å². The van der Waals surface area contributed by atoms with Gasteiger partial charge in [-0.1, -0.05) is 30.7 Å². The summed E-state index contributed by atoms with van der Waals surface area (Å²) in [5.41, 5.74) is 0.838. The van der Waals surface area contributed by atoms with Crippen molar-refractivity contribution >= 4 is 33.2 Å². The number of carbonyl (C=O) groups is 1. The summed E-state index contributed by atoms with van der Waals surface area (Å²) in [6.45, 7) is 6.02. The van der Waals surface area contributed by atoms with E-state index in [0.717, 1.165) is 19.6 Å². The molecule has 28 heavy (non-hydrogen) atoms. The Morgan fingerprint density at radius 3 is 2.39 bits per heavy atom. The van der Waals surface area contributed by atoms with Crippen LogP contribution in [-0.2, 0) is 10.0 Å². The highest BCUT2D eigenvalue weighted by Crippen LogP contribution is 2.25. The third-order valence-corrected chi connectivity index (χ3v) is 7.03.